The van der Waals surface area contributed by atoms with Crippen LogP contribution < -0.4 is 10.5 Å². The molecule has 5 nitrogen and oxygen atoms in total. The van der Waals surface area contributed by atoms with Crippen molar-refractivity contribution in [2.24, 2.45) is 0 Å². The van der Waals surface area contributed by atoms with E-state index in [4.69, 9.17) is 22.1 Å². The van der Waals surface area contributed by atoms with Crippen LogP contribution in [0.3, 0.4) is 0 Å². The van der Waals surface area contributed by atoms with Crippen molar-refractivity contribution in [3.8, 4) is 17.0 Å². The average molecular weight is 337 g/mol. The van der Waals surface area contributed by atoms with Crippen LogP contribution in [0.2, 0.25) is 5.02 Å². The highest BCUT2D eigenvalue weighted by Gasteiger charge is 2.18. The third-order valence-corrected chi connectivity index (χ3v) is 3.80. The van der Waals surface area contributed by atoms with Crippen LogP contribution in [0, 0.1) is 0 Å². The molecule has 0 fully saturated rings. The van der Waals surface area contributed by atoms with Gasteiger partial charge in [-0.25, -0.2) is 9.78 Å². The predicted octanol–water partition coefficient (Wildman–Crippen LogP) is 3.62. The minimum absolute atomic E-state index is 0.174. The summed E-state index contributed by atoms with van der Waals surface area (Å²) in [5.41, 5.74) is 7.19. The number of aromatic carboxylic acids is 1. The molecule has 0 unspecified atom stereocenters. The number of aromatic nitrogens is 1. The number of hydrogen-bond donors (Lipinski definition) is 3. The van der Waals surface area contributed by atoms with Gasteiger partial charge in [0.1, 0.15) is 0 Å². The molecule has 1 aromatic heterocycles. The van der Waals surface area contributed by atoms with Crippen molar-refractivity contribution in [1.29, 1.82) is 0 Å². The Hall–Kier alpha value is -2.18. The molecule has 0 amide bonds. The predicted molar refractivity (Wildman–Crippen MR) is 89.9 cm³/mol. The summed E-state index contributed by atoms with van der Waals surface area (Å²) in [5, 5.41) is 9.67. The van der Waals surface area contributed by atoms with Crippen molar-refractivity contribution in [2.45, 2.75) is 4.90 Å². The number of carbonyl (C=O) groups is 1. The van der Waals surface area contributed by atoms with Crippen LogP contribution in [0.25, 0.3) is 17.3 Å². The number of anilines is 1. The summed E-state index contributed by atoms with van der Waals surface area (Å²) in [5.74, 6) is -0.808. The van der Waals surface area contributed by atoms with Crippen molar-refractivity contribution in [3.63, 3.8) is 0 Å². The van der Waals surface area contributed by atoms with E-state index in [2.05, 4.69) is 24.2 Å². The fourth-order valence-electron chi connectivity index (χ4n) is 2.04. The van der Waals surface area contributed by atoms with Gasteiger partial charge < -0.3 is 15.6 Å². The minimum atomic E-state index is -1.19. The molecule has 0 saturated heterocycles. The lowest BCUT2D eigenvalue weighted by Gasteiger charge is -2.13. The van der Waals surface area contributed by atoms with E-state index in [1.807, 2.05) is 0 Å². The molecule has 0 atom stereocenters. The normalized spacial score (nSPS) is 10.3. The topological polar surface area (TPSA) is 85.4 Å². The lowest BCUT2D eigenvalue weighted by Crippen LogP contribution is -2.07. The largest absolute Gasteiger partial charge is 0.494 e. The zero-order chi connectivity index (χ0) is 16.4. The van der Waals surface area contributed by atoms with Gasteiger partial charge in [0.15, 0.2) is 11.4 Å². The van der Waals surface area contributed by atoms with Gasteiger partial charge in [-0.3, -0.25) is 0 Å². The minimum Gasteiger partial charge on any atom is -0.494 e. The van der Waals surface area contributed by atoms with Crippen LogP contribution in [-0.4, -0.2) is 23.2 Å². The molecule has 0 aliphatic carbocycles. The van der Waals surface area contributed by atoms with Crippen molar-refractivity contribution in [2.75, 3.05) is 12.8 Å². The molecule has 0 spiro atoms. The highest BCUT2D eigenvalue weighted by atomic mass is 35.5. The second-order valence-electron chi connectivity index (χ2n) is 4.35. The molecule has 7 heteroatoms. The van der Waals surface area contributed by atoms with Crippen molar-refractivity contribution < 1.29 is 14.6 Å². The van der Waals surface area contributed by atoms with E-state index in [0.717, 1.165) is 0 Å². The lowest BCUT2D eigenvalue weighted by molar-refractivity contribution is 0.0690. The number of ether oxygens (including phenoxy) is 1. The maximum Gasteiger partial charge on any atom is 0.355 e. The van der Waals surface area contributed by atoms with E-state index < -0.39 is 5.97 Å². The molecule has 2 aromatic rings. The molecule has 2 rings (SSSR count). The van der Waals surface area contributed by atoms with E-state index in [0.29, 0.717) is 26.9 Å². The first-order chi connectivity index (χ1) is 10.4. The van der Waals surface area contributed by atoms with Gasteiger partial charge >= 0.3 is 5.97 Å². The molecular weight excluding hydrogens is 324 g/mol. The number of rotatable bonds is 4. The Morgan fingerprint density at radius 3 is 2.77 bits per heavy atom. The van der Waals surface area contributed by atoms with E-state index in [-0.39, 0.29) is 16.9 Å². The Balaban J connectivity index is 2.74. The quantitative estimate of drug-likeness (QED) is 0.742. The molecule has 1 heterocycles. The second kappa shape index (κ2) is 6.29. The number of methoxy groups -OCH3 is 1. The summed E-state index contributed by atoms with van der Waals surface area (Å²) in [4.78, 5) is 15.9. The highest BCUT2D eigenvalue weighted by molar-refractivity contribution is 7.80. The fourth-order valence-corrected chi connectivity index (χ4v) is 2.74. The molecule has 0 bridgehead atoms. The maximum absolute atomic E-state index is 11.3. The van der Waals surface area contributed by atoms with Crippen LogP contribution >= 0.6 is 24.2 Å². The van der Waals surface area contributed by atoms with Gasteiger partial charge in [0.05, 0.1) is 22.7 Å². The Bertz CT molecular complexity index is 778. The van der Waals surface area contributed by atoms with Crippen LogP contribution in [-0.2, 0) is 0 Å². The van der Waals surface area contributed by atoms with Crippen LogP contribution in [0.1, 0.15) is 16.1 Å². The van der Waals surface area contributed by atoms with Crippen LogP contribution in [0.15, 0.2) is 29.7 Å². The second-order valence-corrected chi connectivity index (χ2v) is 5.20. The van der Waals surface area contributed by atoms with Crippen molar-refractivity contribution >= 4 is 42.0 Å². The van der Waals surface area contributed by atoms with Gasteiger partial charge in [0, 0.05) is 16.8 Å². The molecule has 0 aliphatic rings. The molecule has 0 saturated carbocycles. The summed E-state index contributed by atoms with van der Waals surface area (Å²) in [6.07, 6.45) is 1.36. The first-order valence-corrected chi connectivity index (χ1v) is 6.95. The van der Waals surface area contributed by atoms with Gasteiger partial charge in [-0.05, 0) is 18.2 Å². The van der Waals surface area contributed by atoms with Gasteiger partial charge in [-0.1, -0.05) is 24.3 Å². The molecule has 22 heavy (non-hydrogen) atoms. The van der Waals surface area contributed by atoms with E-state index in [1.165, 1.54) is 13.2 Å². The number of carboxylic acid groups (broad SMARTS) is 1. The molecule has 1 aromatic carbocycles. The maximum atomic E-state index is 11.3. The first kappa shape index (κ1) is 16.2. The van der Waals surface area contributed by atoms with Crippen LogP contribution in [0.5, 0.6) is 5.75 Å². The summed E-state index contributed by atoms with van der Waals surface area (Å²) in [7, 11) is 1.47. The summed E-state index contributed by atoms with van der Waals surface area (Å²) >= 11 is 10.4. The number of hydrogen-bond acceptors (Lipinski definition) is 5. The van der Waals surface area contributed by atoms with Crippen molar-refractivity contribution in [1.82, 2.24) is 4.98 Å². The molecule has 3 N–H and O–H groups in total. The Kier molecular flexibility index (Phi) is 4.63. The molecular formula is C15H13ClN2O3S. The first-order valence-electron chi connectivity index (χ1n) is 6.12. The number of nitrogens with zero attached hydrogens (tertiary/aromatic N) is 1. The van der Waals surface area contributed by atoms with Gasteiger partial charge in [0.25, 0.3) is 0 Å². The van der Waals surface area contributed by atoms with Gasteiger partial charge in [-0.2, -0.15) is 0 Å². The standard InChI is InChI=1S/C15H13ClN2O3S/c1-3-7-10(17)6-11(18-12(7)15(19)20)8-4-5-9(16)13(21-2)14(8)22/h3-6,22H,1H2,2H3,(H2,17,18)(H,19,20). The lowest BCUT2D eigenvalue weighted by atomic mass is 10.1. The summed E-state index contributed by atoms with van der Waals surface area (Å²) in [6, 6.07) is 4.86. The van der Waals surface area contributed by atoms with Crippen LogP contribution in [0.4, 0.5) is 5.69 Å². The van der Waals surface area contributed by atoms with E-state index in [9.17, 15) is 9.90 Å². The number of thiol groups is 1. The monoisotopic (exact) mass is 336 g/mol. The Labute approximate surface area is 137 Å². The Morgan fingerprint density at radius 1 is 1.55 bits per heavy atom. The SMILES string of the molecule is C=Cc1c(N)cc(-c2ccc(Cl)c(OC)c2S)nc1C(=O)O. The zero-order valence-corrected chi connectivity index (χ0v) is 13.3. The smallest absolute Gasteiger partial charge is 0.355 e. The van der Waals surface area contributed by atoms with E-state index >= 15 is 0 Å². The van der Waals surface area contributed by atoms with Crippen molar-refractivity contribution in [3.05, 3.63) is 41.1 Å². The zero-order valence-electron chi connectivity index (χ0n) is 11.6. The molecule has 0 aliphatic heterocycles. The van der Waals surface area contributed by atoms with Gasteiger partial charge in [0.2, 0.25) is 0 Å². The van der Waals surface area contributed by atoms with E-state index in [1.54, 1.807) is 18.2 Å². The highest BCUT2D eigenvalue weighted by Crippen LogP contribution is 2.39. The molecule has 0 radical (unpaired) electrons. The number of nitrogen functional groups attached to an aromatic ring is 1. The number of nitrogens with two attached hydrogens (primary N) is 1. The molecule has 114 valence electrons. The average Bonchev–Trinajstić information content (AvgIpc) is 2.46. The van der Waals surface area contributed by atoms with Gasteiger partial charge in [-0.15, -0.1) is 12.6 Å². The number of pyridine rings is 1. The number of benzene rings is 1. The summed E-state index contributed by atoms with van der Waals surface area (Å²) < 4.78 is 5.19. The number of halogens is 1. The number of carboxylic acids is 1. The summed E-state index contributed by atoms with van der Waals surface area (Å²) in [6.45, 7) is 3.56. The Morgan fingerprint density at radius 2 is 2.23 bits per heavy atom. The third-order valence-electron chi connectivity index (χ3n) is 3.06. The third kappa shape index (κ3) is 2.75. The fraction of sp³-hybridized carbons (Fsp3) is 0.0667.